The van der Waals surface area contributed by atoms with E-state index in [9.17, 15) is 18.0 Å². The zero-order valence-electron chi connectivity index (χ0n) is 23.4. The number of carbonyl (C=O) groups is 2. The molecule has 2 unspecified atom stereocenters. The number of nitrogens with zero attached hydrogens (tertiary/aromatic N) is 2. The Morgan fingerprint density at radius 2 is 1.70 bits per heavy atom. The summed E-state index contributed by atoms with van der Waals surface area (Å²) in [6.07, 6.45) is 0.722. The van der Waals surface area contributed by atoms with Crippen LogP contribution in [-0.4, -0.2) is 50.9 Å². The molecule has 3 aromatic rings. The summed E-state index contributed by atoms with van der Waals surface area (Å²) in [7, 11) is -2.61. The van der Waals surface area contributed by atoms with Gasteiger partial charge in [-0.05, 0) is 74.7 Å². The van der Waals surface area contributed by atoms with Gasteiger partial charge in [0.1, 0.15) is 18.3 Å². The second-order valence-corrected chi connectivity index (χ2v) is 11.9. The molecule has 3 aromatic carbocycles. The maximum atomic E-state index is 14.0. The van der Waals surface area contributed by atoms with Crippen molar-refractivity contribution in [1.29, 1.82) is 0 Å². The number of anilines is 1. The van der Waals surface area contributed by atoms with Gasteiger partial charge in [0.15, 0.2) is 0 Å². The van der Waals surface area contributed by atoms with Crippen molar-refractivity contribution in [3.8, 4) is 5.75 Å². The number of ether oxygens (including phenoxy) is 1. The number of methoxy groups -OCH3 is 1. The maximum absolute atomic E-state index is 14.0. The van der Waals surface area contributed by atoms with Crippen LogP contribution in [-0.2, 0) is 26.2 Å². The first-order chi connectivity index (χ1) is 19.0. The van der Waals surface area contributed by atoms with Crippen molar-refractivity contribution < 1.29 is 22.7 Å². The standard InChI is InChI=1S/C30H36ClN3O5S/c1-6-22(3)32-30(36)23(4)33(19-24-11-10-12-26(17-24)39-5)29(35)20-34(25-16-15-21(2)28(31)18-25)40(37,38)27-13-8-7-9-14-27/h7-18,22-23H,6,19-20H2,1-5H3,(H,32,36). The number of sulfonamides is 1. The largest absolute Gasteiger partial charge is 0.497 e. The van der Waals surface area contributed by atoms with Crippen molar-refractivity contribution in [3.05, 3.63) is 88.9 Å². The zero-order chi connectivity index (χ0) is 29.4. The summed E-state index contributed by atoms with van der Waals surface area (Å²) < 4.78 is 34.0. The monoisotopic (exact) mass is 585 g/mol. The minimum atomic E-state index is -4.16. The van der Waals surface area contributed by atoms with Gasteiger partial charge in [-0.2, -0.15) is 0 Å². The Hall–Kier alpha value is -3.56. The summed E-state index contributed by atoms with van der Waals surface area (Å²) >= 11 is 6.36. The lowest BCUT2D eigenvalue weighted by Crippen LogP contribution is -2.52. The molecular weight excluding hydrogens is 550 g/mol. The highest BCUT2D eigenvalue weighted by Gasteiger charge is 2.33. The quantitative estimate of drug-likeness (QED) is 0.316. The highest BCUT2D eigenvalue weighted by Crippen LogP contribution is 2.28. The Balaban J connectivity index is 2.05. The van der Waals surface area contributed by atoms with Crippen LogP contribution in [0.1, 0.15) is 38.3 Å². The minimum Gasteiger partial charge on any atom is -0.497 e. The van der Waals surface area contributed by atoms with Crippen molar-refractivity contribution in [3.63, 3.8) is 0 Å². The number of aryl methyl sites for hydroxylation is 1. The Morgan fingerprint density at radius 1 is 1.00 bits per heavy atom. The second-order valence-electron chi connectivity index (χ2n) is 9.63. The minimum absolute atomic E-state index is 0.0291. The Bertz CT molecular complexity index is 1430. The van der Waals surface area contributed by atoms with Gasteiger partial charge in [-0.15, -0.1) is 0 Å². The van der Waals surface area contributed by atoms with Crippen molar-refractivity contribution in [2.45, 2.75) is 57.6 Å². The SMILES string of the molecule is CCC(C)NC(=O)C(C)N(Cc1cccc(OC)c1)C(=O)CN(c1ccc(C)c(Cl)c1)S(=O)(=O)c1ccccc1. The van der Waals surface area contributed by atoms with Crippen LogP contribution in [0.2, 0.25) is 5.02 Å². The van der Waals surface area contributed by atoms with E-state index in [2.05, 4.69) is 5.32 Å². The summed E-state index contributed by atoms with van der Waals surface area (Å²) in [5.74, 6) is -0.281. The van der Waals surface area contributed by atoms with Gasteiger partial charge >= 0.3 is 0 Å². The first kappa shape index (κ1) is 31.0. The number of halogens is 1. The summed E-state index contributed by atoms with van der Waals surface area (Å²) in [6, 6.07) is 18.9. The molecule has 0 aliphatic heterocycles. The van der Waals surface area contributed by atoms with E-state index in [1.807, 2.05) is 19.9 Å². The smallest absolute Gasteiger partial charge is 0.264 e. The molecule has 0 heterocycles. The van der Waals surface area contributed by atoms with Crippen LogP contribution in [0.3, 0.4) is 0 Å². The van der Waals surface area contributed by atoms with Crippen LogP contribution in [0, 0.1) is 6.92 Å². The van der Waals surface area contributed by atoms with Gasteiger partial charge in [-0.3, -0.25) is 13.9 Å². The van der Waals surface area contributed by atoms with Gasteiger partial charge in [0.2, 0.25) is 11.8 Å². The van der Waals surface area contributed by atoms with Crippen LogP contribution in [0.25, 0.3) is 0 Å². The van der Waals surface area contributed by atoms with Gasteiger partial charge in [-0.1, -0.05) is 54.9 Å². The number of amides is 2. The molecule has 40 heavy (non-hydrogen) atoms. The van der Waals surface area contributed by atoms with Crippen molar-refractivity contribution in [1.82, 2.24) is 10.2 Å². The van der Waals surface area contributed by atoms with E-state index in [0.29, 0.717) is 10.8 Å². The highest BCUT2D eigenvalue weighted by atomic mass is 35.5. The third-order valence-corrected chi connectivity index (χ3v) is 8.90. The molecule has 0 fully saturated rings. The van der Waals surface area contributed by atoms with E-state index in [-0.39, 0.29) is 29.1 Å². The van der Waals surface area contributed by atoms with Crippen molar-refractivity contribution >= 4 is 39.1 Å². The molecule has 0 aromatic heterocycles. The maximum Gasteiger partial charge on any atom is 0.264 e. The molecule has 2 amide bonds. The molecule has 2 atom stereocenters. The molecule has 0 saturated heterocycles. The number of benzene rings is 3. The molecule has 214 valence electrons. The zero-order valence-corrected chi connectivity index (χ0v) is 25.0. The molecule has 8 nitrogen and oxygen atoms in total. The number of rotatable bonds is 12. The van der Waals surface area contributed by atoms with Gasteiger partial charge in [0, 0.05) is 17.6 Å². The van der Waals surface area contributed by atoms with Crippen LogP contribution in [0.15, 0.2) is 77.7 Å². The van der Waals surface area contributed by atoms with Crippen LogP contribution >= 0.6 is 11.6 Å². The third kappa shape index (κ3) is 7.55. The van der Waals surface area contributed by atoms with Gasteiger partial charge < -0.3 is 15.0 Å². The highest BCUT2D eigenvalue weighted by molar-refractivity contribution is 7.92. The molecule has 3 rings (SSSR count). The lowest BCUT2D eigenvalue weighted by molar-refractivity contribution is -0.139. The van der Waals surface area contributed by atoms with Gasteiger partial charge in [-0.25, -0.2) is 8.42 Å². The lowest BCUT2D eigenvalue weighted by Gasteiger charge is -2.32. The molecule has 0 aliphatic rings. The van der Waals surface area contributed by atoms with Crippen LogP contribution in [0.4, 0.5) is 5.69 Å². The van der Waals surface area contributed by atoms with Crippen molar-refractivity contribution in [2.75, 3.05) is 18.0 Å². The molecule has 0 radical (unpaired) electrons. The Morgan fingerprint density at radius 3 is 2.33 bits per heavy atom. The van der Waals surface area contributed by atoms with Crippen molar-refractivity contribution in [2.24, 2.45) is 0 Å². The van der Waals surface area contributed by atoms with Crippen LogP contribution in [0.5, 0.6) is 5.75 Å². The molecule has 0 bridgehead atoms. The van der Waals surface area contributed by atoms with E-state index in [1.165, 1.54) is 23.1 Å². The fraction of sp³-hybridized carbons (Fsp3) is 0.333. The van der Waals surface area contributed by atoms with Crippen LogP contribution < -0.4 is 14.4 Å². The van der Waals surface area contributed by atoms with E-state index >= 15 is 0 Å². The van der Waals surface area contributed by atoms with E-state index < -0.39 is 28.5 Å². The fourth-order valence-electron chi connectivity index (χ4n) is 4.00. The Kier molecular flexibility index (Phi) is 10.6. The molecule has 10 heteroatoms. The first-order valence-electron chi connectivity index (χ1n) is 13.0. The van der Waals surface area contributed by atoms with E-state index in [4.69, 9.17) is 16.3 Å². The normalized spacial score (nSPS) is 12.8. The first-order valence-corrected chi connectivity index (χ1v) is 14.9. The molecule has 0 saturated carbocycles. The summed E-state index contributed by atoms with van der Waals surface area (Å²) in [6.45, 7) is 6.80. The lowest BCUT2D eigenvalue weighted by atomic mass is 10.1. The summed E-state index contributed by atoms with van der Waals surface area (Å²) in [5.41, 5.74) is 1.74. The van der Waals surface area contributed by atoms with Gasteiger partial charge in [0.05, 0.1) is 17.7 Å². The second kappa shape index (κ2) is 13.7. The molecule has 0 spiro atoms. The fourth-order valence-corrected chi connectivity index (χ4v) is 5.60. The third-order valence-electron chi connectivity index (χ3n) is 6.71. The Labute approximate surface area is 241 Å². The summed E-state index contributed by atoms with van der Waals surface area (Å²) in [4.78, 5) is 28.6. The number of carbonyl (C=O) groups excluding carboxylic acids is 2. The molecule has 1 N–H and O–H groups in total. The predicted molar refractivity (Wildman–Crippen MR) is 158 cm³/mol. The predicted octanol–water partition coefficient (Wildman–Crippen LogP) is 5.18. The average Bonchev–Trinajstić information content (AvgIpc) is 2.96. The number of nitrogens with one attached hydrogen (secondary N) is 1. The molecular formula is C30H36ClN3O5S. The number of hydrogen-bond acceptors (Lipinski definition) is 5. The van der Waals surface area contributed by atoms with E-state index in [0.717, 1.165) is 21.9 Å². The molecule has 0 aliphatic carbocycles. The van der Waals surface area contributed by atoms with E-state index in [1.54, 1.807) is 69.5 Å². The number of hydrogen-bond donors (Lipinski definition) is 1. The van der Waals surface area contributed by atoms with Gasteiger partial charge in [0.25, 0.3) is 10.0 Å². The summed E-state index contributed by atoms with van der Waals surface area (Å²) in [5, 5.41) is 3.29. The average molecular weight is 586 g/mol. The topological polar surface area (TPSA) is 96.0 Å².